The molecule has 0 aliphatic heterocycles. The van der Waals surface area contributed by atoms with Crippen LogP contribution in [-0.4, -0.2) is 5.97 Å². The van der Waals surface area contributed by atoms with Gasteiger partial charge >= 0.3 is 5.97 Å². The predicted molar refractivity (Wildman–Crippen MR) is 29.7 cm³/mol. The third-order valence-electron chi connectivity index (χ3n) is 0.853. The maximum atomic E-state index is 9.93. The molecule has 1 radical (unpaired) electrons. The van der Waals surface area contributed by atoms with Crippen molar-refractivity contribution < 1.29 is 9.90 Å². The number of hydrogen-bond acceptors (Lipinski definition) is 1. The monoisotopic (exact) mass is 113 g/mol. The molecule has 1 atom stereocenters. The molecule has 0 amide bonds. The van der Waals surface area contributed by atoms with Gasteiger partial charge in [0.15, 0.2) is 0 Å². The highest BCUT2D eigenvalue weighted by molar-refractivity contribution is 5.71. The smallest absolute Gasteiger partial charge is 0.247 e. The minimum absolute atomic E-state index is 0.458. The van der Waals surface area contributed by atoms with Gasteiger partial charge in [0.2, 0.25) is 0 Å². The van der Waals surface area contributed by atoms with Crippen molar-refractivity contribution in [2.45, 2.75) is 13.8 Å². The number of rotatable bonds is 2. The van der Waals surface area contributed by atoms with E-state index in [-0.39, 0.29) is 0 Å². The summed E-state index contributed by atoms with van der Waals surface area (Å²) in [5.41, 5.74) is 0. The summed E-state index contributed by atoms with van der Waals surface area (Å²) in [5, 5.41) is 9.93. The maximum Gasteiger partial charge on any atom is 0.362 e. The third-order valence-corrected chi connectivity index (χ3v) is 0.853. The molecule has 0 bridgehead atoms. The van der Waals surface area contributed by atoms with Gasteiger partial charge in [-0.3, -0.25) is 0 Å². The van der Waals surface area contributed by atoms with E-state index in [1.165, 1.54) is 0 Å². The van der Waals surface area contributed by atoms with Crippen molar-refractivity contribution in [3.8, 4) is 0 Å². The molecule has 1 unspecified atom stereocenters. The predicted octanol–water partition coefficient (Wildman–Crippen LogP) is 1.16. The second kappa shape index (κ2) is 3.24. The van der Waals surface area contributed by atoms with Crippen LogP contribution in [0.5, 0.6) is 0 Å². The van der Waals surface area contributed by atoms with Gasteiger partial charge in [-0.25, -0.2) is 9.90 Å². The molecule has 0 N–H and O–H groups in total. The molecule has 2 nitrogen and oxygen atoms in total. The Morgan fingerprint density at radius 3 is 2.25 bits per heavy atom. The number of carbonyl (C=O) groups is 1. The zero-order valence-corrected chi connectivity index (χ0v) is 5.05. The second-order valence-electron chi connectivity index (χ2n) is 1.63. The molecule has 0 heterocycles. The Labute approximate surface area is 48.8 Å². The molecule has 0 aromatic heterocycles. The standard InChI is InChI=1S/C6H9O2/c1-3-4-5(2)6(7)8/h3-5H,1-2H3/b4-3+. The van der Waals surface area contributed by atoms with Crippen LogP contribution in [0, 0.1) is 5.92 Å². The Morgan fingerprint density at radius 1 is 1.62 bits per heavy atom. The van der Waals surface area contributed by atoms with E-state index in [1.54, 1.807) is 26.0 Å². The number of hydrogen-bond donors (Lipinski definition) is 0. The summed E-state index contributed by atoms with van der Waals surface area (Å²) in [4.78, 5) is 9.93. The van der Waals surface area contributed by atoms with Gasteiger partial charge in [-0.1, -0.05) is 12.2 Å². The molecule has 45 valence electrons. The lowest BCUT2D eigenvalue weighted by molar-refractivity contribution is -0.145. The minimum atomic E-state index is -1.02. The minimum Gasteiger partial charge on any atom is -0.247 e. The van der Waals surface area contributed by atoms with Crippen molar-refractivity contribution in [1.82, 2.24) is 0 Å². The molecule has 0 saturated carbocycles. The first-order valence-corrected chi connectivity index (χ1v) is 2.52. The Balaban J connectivity index is 3.64. The van der Waals surface area contributed by atoms with Crippen LogP contribution in [0.4, 0.5) is 0 Å². The molecule has 0 saturated heterocycles. The van der Waals surface area contributed by atoms with E-state index in [4.69, 9.17) is 0 Å². The molecular weight excluding hydrogens is 104 g/mol. The van der Waals surface area contributed by atoms with Gasteiger partial charge in [0.05, 0.1) is 5.92 Å². The topological polar surface area (TPSA) is 37.0 Å². The first-order valence-electron chi connectivity index (χ1n) is 2.52. The fourth-order valence-electron chi connectivity index (χ4n) is 0.367. The first-order chi connectivity index (χ1) is 3.68. The van der Waals surface area contributed by atoms with Gasteiger partial charge in [-0.2, -0.15) is 0 Å². The van der Waals surface area contributed by atoms with Gasteiger partial charge in [-0.05, 0) is 13.8 Å². The molecule has 0 aliphatic rings. The van der Waals surface area contributed by atoms with Crippen molar-refractivity contribution in [1.29, 1.82) is 0 Å². The third kappa shape index (κ3) is 2.39. The van der Waals surface area contributed by atoms with Crippen LogP contribution >= 0.6 is 0 Å². The molecule has 0 spiro atoms. The average Bonchev–Trinajstić information content (AvgIpc) is 1.67. The Hall–Kier alpha value is -0.790. The van der Waals surface area contributed by atoms with Gasteiger partial charge in [0.1, 0.15) is 0 Å². The highest BCUT2D eigenvalue weighted by Crippen LogP contribution is 1.95. The lowest BCUT2D eigenvalue weighted by Crippen LogP contribution is -2.03. The fourth-order valence-corrected chi connectivity index (χ4v) is 0.367. The van der Waals surface area contributed by atoms with Gasteiger partial charge < -0.3 is 0 Å². The van der Waals surface area contributed by atoms with Crippen LogP contribution < -0.4 is 0 Å². The number of allylic oxidation sites excluding steroid dienone is 1. The molecule has 0 rings (SSSR count). The van der Waals surface area contributed by atoms with Crippen LogP contribution in [0.25, 0.3) is 0 Å². The van der Waals surface area contributed by atoms with E-state index in [2.05, 4.69) is 0 Å². The van der Waals surface area contributed by atoms with E-state index in [1.807, 2.05) is 0 Å². The molecular formula is C6H9O2. The van der Waals surface area contributed by atoms with E-state index in [0.717, 1.165) is 0 Å². The zero-order valence-electron chi connectivity index (χ0n) is 5.05. The summed E-state index contributed by atoms with van der Waals surface area (Å²) < 4.78 is 0. The zero-order chi connectivity index (χ0) is 6.57. The molecule has 0 aromatic rings. The molecule has 8 heavy (non-hydrogen) atoms. The van der Waals surface area contributed by atoms with Gasteiger partial charge in [0, 0.05) is 0 Å². The Morgan fingerprint density at radius 2 is 2.12 bits per heavy atom. The Bertz CT molecular complexity index is 105. The van der Waals surface area contributed by atoms with Crippen LogP contribution in [0.2, 0.25) is 0 Å². The van der Waals surface area contributed by atoms with Crippen LogP contribution in [0.3, 0.4) is 0 Å². The second-order valence-corrected chi connectivity index (χ2v) is 1.63. The summed E-state index contributed by atoms with van der Waals surface area (Å²) in [6.45, 7) is 3.36. The normalized spacial score (nSPS) is 14.2. The first kappa shape index (κ1) is 7.21. The lowest BCUT2D eigenvalue weighted by atomic mass is 10.2. The summed E-state index contributed by atoms with van der Waals surface area (Å²) >= 11 is 0. The van der Waals surface area contributed by atoms with E-state index >= 15 is 0 Å². The van der Waals surface area contributed by atoms with Crippen molar-refractivity contribution >= 4 is 5.97 Å². The lowest BCUT2D eigenvalue weighted by Gasteiger charge is -1.90. The maximum absolute atomic E-state index is 9.93. The fraction of sp³-hybridized carbons (Fsp3) is 0.500. The highest BCUT2D eigenvalue weighted by atomic mass is 16.4. The number of carbonyl (C=O) groups excluding carboxylic acids is 1. The Kier molecular flexibility index (Phi) is 2.92. The van der Waals surface area contributed by atoms with Crippen molar-refractivity contribution in [2.24, 2.45) is 5.92 Å². The summed E-state index contributed by atoms with van der Waals surface area (Å²) in [6.07, 6.45) is 3.27. The molecule has 0 aliphatic carbocycles. The average molecular weight is 113 g/mol. The van der Waals surface area contributed by atoms with E-state index in [0.29, 0.717) is 0 Å². The van der Waals surface area contributed by atoms with Crippen molar-refractivity contribution in [3.05, 3.63) is 12.2 Å². The van der Waals surface area contributed by atoms with Crippen LogP contribution in [0.15, 0.2) is 12.2 Å². The van der Waals surface area contributed by atoms with Gasteiger partial charge in [0.25, 0.3) is 0 Å². The van der Waals surface area contributed by atoms with E-state index in [9.17, 15) is 9.90 Å². The van der Waals surface area contributed by atoms with Crippen LogP contribution in [-0.2, 0) is 9.90 Å². The quantitative estimate of drug-likeness (QED) is 0.495. The van der Waals surface area contributed by atoms with Gasteiger partial charge in [-0.15, -0.1) is 0 Å². The molecule has 0 fully saturated rings. The van der Waals surface area contributed by atoms with Crippen LogP contribution in [0.1, 0.15) is 13.8 Å². The molecule has 0 aromatic carbocycles. The van der Waals surface area contributed by atoms with Crippen molar-refractivity contribution in [2.75, 3.05) is 0 Å². The van der Waals surface area contributed by atoms with Crippen molar-refractivity contribution in [3.63, 3.8) is 0 Å². The summed E-state index contributed by atoms with van der Waals surface area (Å²) in [5.74, 6) is -1.48. The van der Waals surface area contributed by atoms with E-state index < -0.39 is 11.9 Å². The largest absolute Gasteiger partial charge is 0.362 e. The highest BCUT2D eigenvalue weighted by Gasteiger charge is 2.06. The molecule has 2 heteroatoms. The summed E-state index contributed by atoms with van der Waals surface area (Å²) in [6, 6.07) is 0. The summed E-state index contributed by atoms with van der Waals surface area (Å²) in [7, 11) is 0. The SMILES string of the molecule is C/C=C/C(C)C([O])=O.